The number of rotatable bonds is 4. The smallest absolute Gasteiger partial charge is 0.206 e. The second kappa shape index (κ2) is 6.67. The molecule has 9 heteroatoms. The molecule has 24 heavy (non-hydrogen) atoms. The topological polar surface area (TPSA) is 99.8 Å². The van der Waals surface area contributed by atoms with Crippen LogP contribution < -0.4 is 5.32 Å². The number of nitrogens with zero attached hydrogens (tertiary/aromatic N) is 2. The van der Waals surface area contributed by atoms with Crippen molar-refractivity contribution in [3.63, 3.8) is 0 Å². The van der Waals surface area contributed by atoms with E-state index in [9.17, 15) is 15.3 Å². The van der Waals surface area contributed by atoms with E-state index >= 15 is 0 Å². The maximum Gasteiger partial charge on any atom is 0.206 e. The number of aromatic nitrogens is 2. The molecule has 0 spiro atoms. The maximum absolute atomic E-state index is 10.4. The van der Waals surface area contributed by atoms with Crippen LogP contribution in [-0.2, 0) is 4.74 Å². The normalized spacial score (nSPS) is 27.3. The Morgan fingerprint density at radius 2 is 1.92 bits per heavy atom. The van der Waals surface area contributed by atoms with Gasteiger partial charge < -0.3 is 25.4 Å². The van der Waals surface area contributed by atoms with Crippen LogP contribution in [0.3, 0.4) is 0 Å². The van der Waals surface area contributed by atoms with Gasteiger partial charge in [-0.25, -0.2) is 4.98 Å². The Morgan fingerprint density at radius 3 is 2.50 bits per heavy atom. The monoisotopic (exact) mass is 375 g/mol. The quantitative estimate of drug-likeness (QED) is 0.649. The van der Waals surface area contributed by atoms with Crippen molar-refractivity contribution < 1.29 is 20.1 Å². The van der Waals surface area contributed by atoms with E-state index in [0.717, 1.165) is 0 Å². The molecule has 1 aliphatic heterocycles. The molecule has 2 aromatic rings. The zero-order valence-corrected chi connectivity index (χ0v) is 14.7. The fraction of sp³-hybridized carbons (Fsp3) is 0.533. The average Bonchev–Trinajstić information content (AvgIpc) is 2.97. The number of imidazole rings is 1. The van der Waals surface area contributed by atoms with Crippen LogP contribution in [0.2, 0.25) is 10.0 Å². The number of hydrogen-bond donors (Lipinski definition) is 4. The number of benzene rings is 1. The number of hydrogen-bond acceptors (Lipinski definition) is 6. The minimum absolute atomic E-state index is 0.0728. The zero-order valence-electron chi connectivity index (χ0n) is 13.1. The van der Waals surface area contributed by atoms with E-state index in [1.165, 1.54) is 0 Å². The van der Waals surface area contributed by atoms with Crippen LogP contribution in [0.4, 0.5) is 5.95 Å². The Labute approximate surface area is 148 Å². The summed E-state index contributed by atoms with van der Waals surface area (Å²) in [6.07, 6.45) is -4.22. The molecule has 0 saturated carbocycles. The molecule has 0 radical (unpaired) electrons. The standard InChI is InChI=1S/C15H19Cl2N3O4/c1-6(2)18-15-19-9-3-7(16)8(17)4-10(9)20(15)14-13(23)12(22)11(5-21)24-14/h3-4,6,11-14,21-23H,5H2,1-2H3,(H,18,19)/t11-,12+,13?,14-/m0/s1. The summed E-state index contributed by atoms with van der Waals surface area (Å²) >= 11 is 12.2. The van der Waals surface area contributed by atoms with Crippen molar-refractivity contribution in [3.05, 3.63) is 22.2 Å². The fourth-order valence-corrected chi connectivity index (χ4v) is 3.12. The van der Waals surface area contributed by atoms with E-state index in [1.807, 2.05) is 13.8 Å². The second-order valence-electron chi connectivity index (χ2n) is 6.09. The third kappa shape index (κ3) is 2.96. The molecule has 0 aliphatic carbocycles. The molecule has 0 bridgehead atoms. The number of aliphatic hydroxyl groups excluding tert-OH is 3. The lowest BCUT2D eigenvalue weighted by Gasteiger charge is -2.21. The molecule has 0 amide bonds. The largest absolute Gasteiger partial charge is 0.394 e. The van der Waals surface area contributed by atoms with Gasteiger partial charge in [-0.05, 0) is 26.0 Å². The van der Waals surface area contributed by atoms with Crippen LogP contribution in [0, 0.1) is 0 Å². The highest BCUT2D eigenvalue weighted by atomic mass is 35.5. The summed E-state index contributed by atoms with van der Waals surface area (Å²) in [5.41, 5.74) is 1.17. The third-order valence-electron chi connectivity index (χ3n) is 3.92. The average molecular weight is 376 g/mol. The Hall–Kier alpha value is -1.09. The van der Waals surface area contributed by atoms with Crippen molar-refractivity contribution in [2.45, 2.75) is 44.4 Å². The van der Waals surface area contributed by atoms with Gasteiger partial charge in [0.15, 0.2) is 6.23 Å². The number of ether oxygens (including phenoxy) is 1. The lowest BCUT2D eigenvalue weighted by Crippen LogP contribution is -2.33. The number of halogens is 2. The molecule has 1 saturated heterocycles. The number of nitrogens with one attached hydrogen (secondary N) is 1. The first-order valence-electron chi connectivity index (χ1n) is 7.59. The molecule has 4 atom stereocenters. The molecule has 132 valence electrons. The number of fused-ring (bicyclic) bond motifs is 1. The van der Waals surface area contributed by atoms with Crippen LogP contribution in [-0.4, -0.2) is 55.8 Å². The molecule has 1 aromatic heterocycles. The first-order chi connectivity index (χ1) is 11.3. The van der Waals surface area contributed by atoms with Gasteiger partial charge in [0, 0.05) is 6.04 Å². The van der Waals surface area contributed by atoms with Crippen molar-refractivity contribution in [1.29, 1.82) is 0 Å². The van der Waals surface area contributed by atoms with E-state index in [-0.39, 0.29) is 6.04 Å². The van der Waals surface area contributed by atoms with E-state index in [0.29, 0.717) is 27.0 Å². The first kappa shape index (κ1) is 17.7. The zero-order chi connectivity index (χ0) is 17.6. The second-order valence-corrected chi connectivity index (χ2v) is 6.90. The Kier molecular flexibility index (Phi) is 4.92. The Balaban J connectivity index is 2.15. The number of anilines is 1. The van der Waals surface area contributed by atoms with Crippen molar-refractivity contribution in [3.8, 4) is 0 Å². The lowest BCUT2D eigenvalue weighted by atomic mass is 10.1. The summed E-state index contributed by atoms with van der Waals surface area (Å²) in [4.78, 5) is 4.48. The summed E-state index contributed by atoms with van der Waals surface area (Å²) in [7, 11) is 0. The first-order valence-corrected chi connectivity index (χ1v) is 8.35. The van der Waals surface area contributed by atoms with Crippen LogP contribution in [0.5, 0.6) is 0 Å². The van der Waals surface area contributed by atoms with Crippen LogP contribution in [0.15, 0.2) is 12.1 Å². The van der Waals surface area contributed by atoms with Gasteiger partial charge in [-0.3, -0.25) is 4.57 Å². The van der Waals surface area contributed by atoms with Crippen LogP contribution in [0.25, 0.3) is 11.0 Å². The van der Waals surface area contributed by atoms with Gasteiger partial charge in [0.2, 0.25) is 5.95 Å². The molecule has 1 fully saturated rings. The van der Waals surface area contributed by atoms with Crippen molar-refractivity contribution in [2.75, 3.05) is 11.9 Å². The maximum atomic E-state index is 10.4. The van der Waals surface area contributed by atoms with Gasteiger partial charge in [0.05, 0.1) is 27.7 Å². The highest BCUT2D eigenvalue weighted by Crippen LogP contribution is 2.37. The van der Waals surface area contributed by atoms with Gasteiger partial charge in [-0.2, -0.15) is 0 Å². The predicted octanol–water partition coefficient (Wildman–Crippen LogP) is 1.77. The van der Waals surface area contributed by atoms with Crippen molar-refractivity contribution in [1.82, 2.24) is 9.55 Å². The summed E-state index contributed by atoms with van der Waals surface area (Å²) in [5, 5.41) is 33.6. The molecule has 3 rings (SSSR count). The minimum atomic E-state index is -1.22. The molecule has 1 aliphatic rings. The van der Waals surface area contributed by atoms with E-state index in [2.05, 4.69) is 10.3 Å². The lowest BCUT2D eigenvalue weighted by molar-refractivity contribution is -0.0499. The predicted molar refractivity (Wildman–Crippen MR) is 91.5 cm³/mol. The SMILES string of the molecule is CC(C)Nc1nc2cc(Cl)c(Cl)cc2n1[C@H]1O[C@@H](CO)[C@@H](O)C1O. The molecular weight excluding hydrogens is 357 g/mol. The van der Waals surface area contributed by atoms with Gasteiger partial charge in [-0.15, -0.1) is 0 Å². The highest BCUT2D eigenvalue weighted by molar-refractivity contribution is 6.42. The Morgan fingerprint density at radius 1 is 1.25 bits per heavy atom. The van der Waals surface area contributed by atoms with Gasteiger partial charge in [0.1, 0.15) is 18.3 Å². The highest BCUT2D eigenvalue weighted by Gasteiger charge is 2.44. The van der Waals surface area contributed by atoms with Gasteiger partial charge in [-0.1, -0.05) is 23.2 Å². The molecule has 2 heterocycles. The van der Waals surface area contributed by atoms with Gasteiger partial charge >= 0.3 is 0 Å². The Bertz CT molecular complexity index is 752. The molecule has 1 aromatic carbocycles. The summed E-state index contributed by atoms with van der Waals surface area (Å²) in [6, 6.07) is 3.33. The molecule has 7 nitrogen and oxygen atoms in total. The van der Waals surface area contributed by atoms with Crippen molar-refractivity contribution >= 4 is 40.2 Å². The third-order valence-corrected chi connectivity index (χ3v) is 4.64. The van der Waals surface area contributed by atoms with Crippen molar-refractivity contribution in [2.24, 2.45) is 0 Å². The molecule has 1 unspecified atom stereocenters. The van der Waals surface area contributed by atoms with Crippen LogP contribution in [0.1, 0.15) is 20.1 Å². The molecule has 4 N–H and O–H groups in total. The van der Waals surface area contributed by atoms with Crippen LogP contribution >= 0.6 is 23.2 Å². The van der Waals surface area contributed by atoms with Gasteiger partial charge in [0.25, 0.3) is 0 Å². The number of aliphatic hydroxyl groups is 3. The summed E-state index contributed by atoms with van der Waals surface area (Å²) in [5.74, 6) is 0.452. The summed E-state index contributed by atoms with van der Waals surface area (Å²) < 4.78 is 7.26. The summed E-state index contributed by atoms with van der Waals surface area (Å²) in [6.45, 7) is 3.49. The fourth-order valence-electron chi connectivity index (χ4n) is 2.80. The van der Waals surface area contributed by atoms with E-state index in [4.69, 9.17) is 27.9 Å². The molecular formula is C15H19Cl2N3O4. The minimum Gasteiger partial charge on any atom is -0.394 e. The van der Waals surface area contributed by atoms with E-state index in [1.54, 1.807) is 16.7 Å². The van der Waals surface area contributed by atoms with E-state index < -0.39 is 31.1 Å².